The monoisotopic (exact) mass is 282 g/mol. The Balaban J connectivity index is 2.86. The molecule has 0 bridgehead atoms. The molecule has 4 N–H and O–H groups in total. The standard InChI is InChI=1S/C11H14N4O5/c1-13-10(16)7-2-3-9(15(18)19)8(6-7)14-4-5-20-11(12)17/h2-3,6,14H,4-5H2,1H3,(H2,12,17)(H,13,16). The van der Waals surface area contributed by atoms with Crippen molar-refractivity contribution in [2.75, 3.05) is 25.5 Å². The van der Waals surface area contributed by atoms with Crippen LogP contribution in [0.2, 0.25) is 0 Å². The van der Waals surface area contributed by atoms with Crippen LogP contribution in [0, 0.1) is 10.1 Å². The zero-order valence-corrected chi connectivity index (χ0v) is 10.7. The fourth-order valence-electron chi connectivity index (χ4n) is 1.46. The summed E-state index contributed by atoms with van der Waals surface area (Å²) in [5.41, 5.74) is 5.03. The minimum Gasteiger partial charge on any atom is -0.448 e. The van der Waals surface area contributed by atoms with Crippen LogP contribution in [-0.2, 0) is 4.74 Å². The van der Waals surface area contributed by atoms with Crippen molar-refractivity contribution < 1.29 is 19.2 Å². The molecule has 1 aromatic carbocycles. The van der Waals surface area contributed by atoms with Gasteiger partial charge < -0.3 is 21.1 Å². The molecule has 0 aliphatic heterocycles. The molecule has 20 heavy (non-hydrogen) atoms. The maximum atomic E-state index is 11.5. The Labute approximate surface area is 114 Å². The van der Waals surface area contributed by atoms with Gasteiger partial charge in [0.05, 0.1) is 4.92 Å². The van der Waals surface area contributed by atoms with Gasteiger partial charge in [0, 0.05) is 25.2 Å². The number of hydrogen-bond acceptors (Lipinski definition) is 6. The van der Waals surface area contributed by atoms with Crippen LogP contribution in [0.1, 0.15) is 10.4 Å². The number of carbonyl (C=O) groups is 2. The van der Waals surface area contributed by atoms with Crippen LogP contribution in [0.4, 0.5) is 16.2 Å². The topological polar surface area (TPSA) is 137 Å². The van der Waals surface area contributed by atoms with E-state index in [0.717, 1.165) is 0 Å². The van der Waals surface area contributed by atoms with Crippen molar-refractivity contribution in [1.29, 1.82) is 0 Å². The van der Waals surface area contributed by atoms with E-state index >= 15 is 0 Å². The highest BCUT2D eigenvalue weighted by atomic mass is 16.6. The Hall–Kier alpha value is -2.84. The van der Waals surface area contributed by atoms with Crippen LogP contribution in [0.25, 0.3) is 0 Å². The van der Waals surface area contributed by atoms with Gasteiger partial charge >= 0.3 is 6.09 Å². The first kappa shape index (κ1) is 15.2. The molecule has 0 unspecified atom stereocenters. The van der Waals surface area contributed by atoms with Gasteiger partial charge in [-0.05, 0) is 12.1 Å². The molecule has 0 aromatic heterocycles. The van der Waals surface area contributed by atoms with Gasteiger partial charge in [-0.1, -0.05) is 0 Å². The maximum absolute atomic E-state index is 11.5. The smallest absolute Gasteiger partial charge is 0.404 e. The first-order valence-electron chi connectivity index (χ1n) is 5.62. The summed E-state index contributed by atoms with van der Waals surface area (Å²) in [4.78, 5) is 32.1. The number of rotatable bonds is 6. The summed E-state index contributed by atoms with van der Waals surface area (Å²) in [5, 5.41) is 16.0. The first-order valence-corrected chi connectivity index (χ1v) is 5.62. The molecule has 0 heterocycles. The van der Waals surface area contributed by atoms with E-state index in [1.165, 1.54) is 25.2 Å². The number of primary amides is 1. The molecule has 2 amide bonds. The molecule has 1 aromatic rings. The second-order valence-electron chi connectivity index (χ2n) is 3.66. The highest BCUT2D eigenvalue weighted by Gasteiger charge is 2.16. The molecule has 0 atom stereocenters. The molecular formula is C11H14N4O5. The van der Waals surface area contributed by atoms with Crippen LogP contribution >= 0.6 is 0 Å². The van der Waals surface area contributed by atoms with E-state index in [2.05, 4.69) is 15.4 Å². The van der Waals surface area contributed by atoms with Gasteiger partial charge in [0.15, 0.2) is 0 Å². The predicted octanol–water partition coefficient (Wildman–Crippen LogP) is 0.462. The average molecular weight is 282 g/mol. The molecule has 108 valence electrons. The number of benzene rings is 1. The number of ether oxygens (including phenoxy) is 1. The SMILES string of the molecule is CNC(=O)c1ccc([N+](=O)[O-])c(NCCOC(N)=O)c1. The molecule has 0 spiro atoms. The zero-order valence-electron chi connectivity index (χ0n) is 10.7. The van der Waals surface area contributed by atoms with Gasteiger partial charge in [-0.2, -0.15) is 0 Å². The van der Waals surface area contributed by atoms with Crippen molar-refractivity contribution in [2.45, 2.75) is 0 Å². The van der Waals surface area contributed by atoms with Gasteiger partial charge in [0.2, 0.25) is 0 Å². The third kappa shape index (κ3) is 4.12. The number of amides is 2. The maximum Gasteiger partial charge on any atom is 0.404 e. The normalized spacial score (nSPS) is 9.65. The van der Waals surface area contributed by atoms with Gasteiger partial charge in [0.1, 0.15) is 12.3 Å². The number of nitrogens with two attached hydrogens (primary N) is 1. The highest BCUT2D eigenvalue weighted by Crippen LogP contribution is 2.25. The van der Waals surface area contributed by atoms with Crippen LogP contribution in [-0.4, -0.2) is 37.1 Å². The summed E-state index contributed by atoms with van der Waals surface area (Å²) >= 11 is 0. The zero-order chi connectivity index (χ0) is 15.1. The predicted molar refractivity (Wildman–Crippen MR) is 70.5 cm³/mol. The first-order chi connectivity index (χ1) is 9.45. The van der Waals surface area contributed by atoms with Gasteiger partial charge in [-0.3, -0.25) is 14.9 Å². The third-order valence-electron chi connectivity index (χ3n) is 2.34. The molecule has 9 heteroatoms. The molecule has 0 aliphatic carbocycles. The van der Waals surface area contributed by atoms with E-state index in [-0.39, 0.29) is 36.0 Å². The van der Waals surface area contributed by atoms with Gasteiger partial charge in [-0.15, -0.1) is 0 Å². The lowest BCUT2D eigenvalue weighted by Crippen LogP contribution is -2.20. The minimum atomic E-state index is -0.930. The van der Waals surface area contributed by atoms with Gasteiger partial charge in [0.25, 0.3) is 11.6 Å². The van der Waals surface area contributed by atoms with Crippen molar-refractivity contribution in [3.8, 4) is 0 Å². The van der Waals surface area contributed by atoms with E-state index < -0.39 is 11.0 Å². The van der Waals surface area contributed by atoms with E-state index in [4.69, 9.17) is 5.73 Å². The quantitative estimate of drug-likeness (QED) is 0.394. The molecule has 0 aliphatic rings. The van der Waals surface area contributed by atoms with Crippen molar-refractivity contribution in [3.63, 3.8) is 0 Å². The fraction of sp³-hybridized carbons (Fsp3) is 0.273. The van der Waals surface area contributed by atoms with Crippen molar-refractivity contribution in [2.24, 2.45) is 5.73 Å². The van der Waals surface area contributed by atoms with Crippen molar-refractivity contribution >= 4 is 23.4 Å². The van der Waals surface area contributed by atoms with E-state index in [1.807, 2.05) is 0 Å². The van der Waals surface area contributed by atoms with E-state index in [1.54, 1.807) is 0 Å². The van der Waals surface area contributed by atoms with Crippen LogP contribution in [0.3, 0.4) is 0 Å². The lowest BCUT2D eigenvalue weighted by molar-refractivity contribution is -0.384. The Kier molecular flexibility index (Phi) is 5.27. The number of hydrogen-bond donors (Lipinski definition) is 3. The molecule has 0 saturated heterocycles. The molecule has 9 nitrogen and oxygen atoms in total. The second kappa shape index (κ2) is 6.92. The second-order valence-corrected chi connectivity index (χ2v) is 3.66. The minimum absolute atomic E-state index is 0.0450. The number of nitrogens with one attached hydrogen (secondary N) is 2. The molecule has 0 saturated carbocycles. The Morgan fingerprint density at radius 3 is 2.70 bits per heavy atom. The summed E-state index contributed by atoms with van der Waals surface area (Å²) in [6.45, 7) is 0.0810. The number of carbonyl (C=O) groups excluding carboxylic acids is 2. The summed E-state index contributed by atoms with van der Waals surface area (Å²) in [6, 6.07) is 3.92. The third-order valence-corrected chi connectivity index (χ3v) is 2.34. The Bertz CT molecular complexity index is 532. The highest BCUT2D eigenvalue weighted by molar-refractivity contribution is 5.95. The molecular weight excluding hydrogens is 268 g/mol. The number of anilines is 1. The summed E-state index contributed by atoms with van der Waals surface area (Å²) in [6.07, 6.45) is -0.930. The van der Waals surface area contributed by atoms with Crippen molar-refractivity contribution in [3.05, 3.63) is 33.9 Å². The van der Waals surface area contributed by atoms with Crippen LogP contribution < -0.4 is 16.4 Å². The van der Waals surface area contributed by atoms with E-state index in [9.17, 15) is 19.7 Å². The molecule has 0 radical (unpaired) electrons. The summed E-state index contributed by atoms with van der Waals surface area (Å²) in [5.74, 6) is -0.365. The summed E-state index contributed by atoms with van der Waals surface area (Å²) in [7, 11) is 1.46. The average Bonchev–Trinajstić information content (AvgIpc) is 2.42. The lowest BCUT2D eigenvalue weighted by Gasteiger charge is -2.08. The number of nitro groups is 1. The lowest BCUT2D eigenvalue weighted by atomic mass is 10.1. The van der Waals surface area contributed by atoms with E-state index in [0.29, 0.717) is 0 Å². The largest absolute Gasteiger partial charge is 0.448 e. The van der Waals surface area contributed by atoms with Gasteiger partial charge in [-0.25, -0.2) is 4.79 Å². The number of nitrogens with zero attached hydrogens (tertiary/aromatic N) is 1. The summed E-state index contributed by atoms with van der Waals surface area (Å²) < 4.78 is 4.49. The fourth-order valence-corrected chi connectivity index (χ4v) is 1.46. The van der Waals surface area contributed by atoms with Crippen molar-refractivity contribution in [1.82, 2.24) is 5.32 Å². The molecule has 0 fully saturated rings. The Morgan fingerprint density at radius 2 is 2.15 bits per heavy atom. The van der Waals surface area contributed by atoms with Crippen LogP contribution in [0.5, 0.6) is 0 Å². The molecule has 1 rings (SSSR count). The Morgan fingerprint density at radius 1 is 1.45 bits per heavy atom. The number of nitro benzene ring substituents is 1. The van der Waals surface area contributed by atoms with Crippen LogP contribution in [0.15, 0.2) is 18.2 Å².